The van der Waals surface area contributed by atoms with E-state index >= 15 is 0 Å². The van der Waals surface area contributed by atoms with Gasteiger partial charge in [-0.1, -0.05) is 36.4 Å². The van der Waals surface area contributed by atoms with Gasteiger partial charge in [-0.05, 0) is 63.1 Å². The fourth-order valence-corrected chi connectivity index (χ4v) is 4.62. The molecule has 1 saturated heterocycles. The van der Waals surface area contributed by atoms with Crippen LogP contribution in [0.2, 0.25) is 0 Å². The Hall–Kier alpha value is -4.27. The van der Waals surface area contributed by atoms with Gasteiger partial charge in [0.2, 0.25) is 11.9 Å². The van der Waals surface area contributed by atoms with Gasteiger partial charge in [-0.3, -0.25) is 4.79 Å². The highest BCUT2D eigenvalue weighted by molar-refractivity contribution is 6.00. The summed E-state index contributed by atoms with van der Waals surface area (Å²) in [6.45, 7) is 4.95. The molecule has 3 aromatic carbocycles. The Bertz CT molecular complexity index is 1460. The van der Waals surface area contributed by atoms with Gasteiger partial charge in [-0.15, -0.1) is 0 Å². The van der Waals surface area contributed by atoms with Gasteiger partial charge in [0.05, 0.1) is 5.52 Å². The van der Waals surface area contributed by atoms with Crippen LogP contribution >= 0.6 is 0 Å². The number of anilines is 4. The maximum absolute atomic E-state index is 12.3. The first kappa shape index (κ1) is 26.3. The summed E-state index contributed by atoms with van der Waals surface area (Å²) in [6.07, 6.45) is 5.25. The molecule has 0 radical (unpaired) electrons. The smallest absolute Gasteiger partial charge is 0.248 e. The highest BCUT2D eigenvalue weighted by Crippen LogP contribution is 2.30. The van der Waals surface area contributed by atoms with E-state index in [2.05, 4.69) is 56.7 Å². The molecule has 0 spiro atoms. The minimum absolute atomic E-state index is 0.153. The zero-order valence-electron chi connectivity index (χ0n) is 22.8. The van der Waals surface area contributed by atoms with Crippen LogP contribution in [0.5, 0.6) is 0 Å². The van der Waals surface area contributed by atoms with Crippen LogP contribution in [-0.4, -0.2) is 79.5 Å². The average Bonchev–Trinajstić information content (AvgIpc) is 2.93. The highest BCUT2D eigenvalue weighted by Gasteiger charge is 2.14. The number of piperazine rings is 1. The number of fused-ring (bicyclic) bond motifs is 1. The number of hydrogen-bond acceptors (Lipinski definition) is 7. The third-order valence-electron chi connectivity index (χ3n) is 6.78. The van der Waals surface area contributed by atoms with Crippen molar-refractivity contribution in [1.29, 1.82) is 0 Å². The van der Waals surface area contributed by atoms with Crippen molar-refractivity contribution in [2.45, 2.75) is 0 Å². The van der Waals surface area contributed by atoms with Gasteiger partial charge in [-0.25, -0.2) is 9.97 Å². The van der Waals surface area contributed by atoms with Crippen molar-refractivity contribution in [1.82, 2.24) is 19.8 Å². The van der Waals surface area contributed by atoms with Crippen LogP contribution < -0.4 is 15.5 Å². The standard InChI is InChI=1S/C31H35N7O/c1-36(2)16-6-11-29(39)33-26-9-4-7-23(21-26)28-10-5-8-24-22-32-31(35-30(24)28)34-25-12-14-27(15-13-25)38-19-17-37(3)18-20-38/h4-15,21-22H,16-20H2,1-3H3,(H,33,39)(H,32,34,35). The molecule has 4 aromatic rings. The monoisotopic (exact) mass is 521 g/mol. The fourth-order valence-electron chi connectivity index (χ4n) is 4.62. The maximum Gasteiger partial charge on any atom is 0.248 e. The number of aromatic nitrogens is 2. The molecule has 0 bridgehead atoms. The SMILES string of the molecule is CN(C)CC=CC(=O)Nc1cccc(-c2cccc3cnc(Nc4ccc(N5CCN(C)CC5)cc4)nc23)c1. The zero-order chi connectivity index (χ0) is 27.2. The quantitative estimate of drug-likeness (QED) is 0.321. The Morgan fingerprint density at radius 3 is 2.51 bits per heavy atom. The molecule has 1 aliphatic rings. The second-order valence-corrected chi connectivity index (χ2v) is 10.1. The van der Waals surface area contributed by atoms with Crippen LogP contribution in [-0.2, 0) is 4.79 Å². The van der Waals surface area contributed by atoms with Crippen LogP contribution in [0, 0.1) is 0 Å². The van der Waals surface area contributed by atoms with E-state index in [0.717, 1.165) is 59.6 Å². The first-order valence-electron chi connectivity index (χ1n) is 13.2. The van der Waals surface area contributed by atoms with Crippen LogP contribution in [0.15, 0.2) is 85.1 Å². The van der Waals surface area contributed by atoms with E-state index in [-0.39, 0.29) is 5.91 Å². The molecule has 0 aliphatic carbocycles. The normalized spacial score (nSPS) is 14.3. The summed E-state index contributed by atoms with van der Waals surface area (Å²) in [5.74, 6) is 0.386. The number of likely N-dealkylation sites (N-methyl/N-ethyl adjacent to an activating group) is 2. The summed E-state index contributed by atoms with van der Waals surface area (Å²) in [5, 5.41) is 7.26. The van der Waals surface area contributed by atoms with Gasteiger partial charge in [0.25, 0.3) is 0 Å². The van der Waals surface area contributed by atoms with E-state index in [9.17, 15) is 4.79 Å². The molecule has 1 amide bonds. The van der Waals surface area contributed by atoms with Crippen LogP contribution in [0.3, 0.4) is 0 Å². The molecule has 2 heterocycles. The number of rotatable bonds is 8. The van der Waals surface area contributed by atoms with E-state index in [1.54, 1.807) is 6.08 Å². The van der Waals surface area contributed by atoms with Crippen molar-refractivity contribution < 1.29 is 4.79 Å². The maximum atomic E-state index is 12.3. The van der Waals surface area contributed by atoms with Crippen LogP contribution in [0.4, 0.5) is 23.0 Å². The van der Waals surface area contributed by atoms with E-state index in [0.29, 0.717) is 12.5 Å². The van der Waals surface area contributed by atoms with Crippen molar-refractivity contribution in [3.8, 4) is 11.1 Å². The van der Waals surface area contributed by atoms with Gasteiger partial charge in [-0.2, -0.15) is 0 Å². The van der Waals surface area contributed by atoms with E-state index in [4.69, 9.17) is 4.98 Å². The minimum atomic E-state index is -0.153. The van der Waals surface area contributed by atoms with Crippen molar-refractivity contribution in [3.05, 3.63) is 85.1 Å². The Kier molecular flexibility index (Phi) is 8.15. The molecule has 2 N–H and O–H groups in total. The Balaban J connectivity index is 1.34. The number of nitrogens with one attached hydrogen (secondary N) is 2. The van der Waals surface area contributed by atoms with E-state index < -0.39 is 0 Å². The summed E-state index contributed by atoms with van der Waals surface area (Å²) in [6, 6.07) is 22.3. The van der Waals surface area contributed by atoms with Crippen molar-refractivity contribution in [3.63, 3.8) is 0 Å². The molecule has 1 fully saturated rings. The summed E-state index contributed by atoms with van der Waals surface area (Å²) in [4.78, 5) is 28.5. The molecule has 5 rings (SSSR count). The molecule has 8 heteroatoms. The number of para-hydroxylation sites is 1. The van der Waals surface area contributed by atoms with Gasteiger partial charge < -0.3 is 25.3 Å². The Morgan fingerprint density at radius 1 is 0.974 bits per heavy atom. The third kappa shape index (κ3) is 6.79. The number of amides is 1. The number of carbonyl (C=O) groups excluding carboxylic acids is 1. The van der Waals surface area contributed by atoms with Crippen LogP contribution in [0.1, 0.15) is 0 Å². The molecule has 0 atom stereocenters. The first-order chi connectivity index (χ1) is 18.9. The lowest BCUT2D eigenvalue weighted by molar-refractivity contribution is -0.111. The number of carbonyl (C=O) groups is 1. The second-order valence-electron chi connectivity index (χ2n) is 10.1. The second kappa shape index (κ2) is 12.1. The number of benzene rings is 3. The predicted molar refractivity (Wildman–Crippen MR) is 161 cm³/mol. The van der Waals surface area contributed by atoms with Crippen molar-refractivity contribution in [2.75, 3.05) is 69.4 Å². The van der Waals surface area contributed by atoms with E-state index in [1.165, 1.54) is 5.69 Å². The third-order valence-corrected chi connectivity index (χ3v) is 6.78. The van der Waals surface area contributed by atoms with Gasteiger partial charge in [0.15, 0.2) is 0 Å². The van der Waals surface area contributed by atoms with Gasteiger partial charge in [0.1, 0.15) is 0 Å². The van der Waals surface area contributed by atoms with Crippen molar-refractivity contribution >= 4 is 39.8 Å². The summed E-state index contributed by atoms with van der Waals surface area (Å²) in [7, 11) is 6.09. The van der Waals surface area contributed by atoms with Crippen LogP contribution in [0.25, 0.3) is 22.0 Å². The lowest BCUT2D eigenvalue weighted by atomic mass is 10.0. The Labute approximate surface area is 230 Å². The predicted octanol–water partition coefficient (Wildman–Crippen LogP) is 4.85. The molecule has 1 aromatic heterocycles. The lowest BCUT2D eigenvalue weighted by Crippen LogP contribution is -2.44. The van der Waals surface area contributed by atoms with Gasteiger partial charge in [0, 0.05) is 73.0 Å². The van der Waals surface area contributed by atoms with Gasteiger partial charge >= 0.3 is 0 Å². The molecule has 8 nitrogen and oxygen atoms in total. The molecule has 1 aliphatic heterocycles. The number of hydrogen-bond donors (Lipinski definition) is 2. The number of nitrogens with zero attached hydrogens (tertiary/aromatic N) is 5. The molecular weight excluding hydrogens is 486 g/mol. The molecule has 0 unspecified atom stereocenters. The topological polar surface area (TPSA) is 76.6 Å². The highest BCUT2D eigenvalue weighted by atomic mass is 16.1. The summed E-state index contributed by atoms with van der Waals surface area (Å²) >= 11 is 0. The van der Waals surface area contributed by atoms with E-state index in [1.807, 2.05) is 73.7 Å². The fraction of sp³-hybridized carbons (Fsp3) is 0.258. The largest absolute Gasteiger partial charge is 0.369 e. The molecule has 0 saturated carbocycles. The first-order valence-corrected chi connectivity index (χ1v) is 13.2. The summed E-state index contributed by atoms with van der Waals surface area (Å²) < 4.78 is 0. The average molecular weight is 522 g/mol. The summed E-state index contributed by atoms with van der Waals surface area (Å²) in [5.41, 5.74) is 5.70. The molecular formula is C31H35N7O. The lowest BCUT2D eigenvalue weighted by Gasteiger charge is -2.34. The minimum Gasteiger partial charge on any atom is -0.369 e. The zero-order valence-corrected chi connectivity index (χ0v) is 22.8. The Morgan fingerprint density at radius 2 is 1.74 bits per heavy atom. The molecule has 39 heavy (non-hydrogen) atoms. The van der Waals surface area contributed by atoms with Crippen molar-refractivity contribution in [2.24, 2.45) is 0 Å². The molecule has 200 valence electrons.